The lowest BCUT2D eigenvalue weighted by Gasteiger charge is -2.22. The van der Waals surface area contributed by atoms with Gasteiger partial charge in [0, 0.05) is 18.2 Å². The fourth-order valence-corrected chi connectivity index (χ4v) is 7.29. The molecule has 10 nitrogen and oxygen atoms in total. The summed E-state index contributed by atoms with van der Waals surface area (Å²) in [7, 11) is -4.12. The Morgan fingerprint density at radius 3 is 2.74 bits per heavy atom. The van der Waals surface area contributed by atoms with Crippen molar-refractivity contribution in [3.63, 3.8) is 0 Å². The molecule has 1 saturated heterocycles. The van der Waals surface area contributed by atoms with E-state index >= 15 is 0 Å². The molecule has 1 aliphatic heterocycles. The maximum atomic E-state index is 13.3. The van der Waals surface area contributed by atoms with Crippen LogP contribution in [-0.2, 0) is 22.9 Å². The molecule has 162 valence electrons. The third-order valence-corrected chi connectivity index (χ3v) is 8.80. The number of sulfonamides is 1. The zero-order valence-corrected chi connectivity index (χ0v) is 18.1. The third kappa shape index (κ3) is 3.25. The summed E-state index contributed by atoms with van der Waals surface area (Å²) in [6.45, 7) is 0.230. The second-order valence-electron chi connectivity index (χ2n) is 7.68. The predicted octanol–water partition coefficient (Wildman–Crippen LogP) is 2.46. The number of aromatic nitrogens is 3. The highest BCUT2D eigenvalue weighted by Crippen LogP contribution is 2.39. The molecule has 5 rings (SSSR count). The van der Waals surface area contributed by atoms with E-state index in [0.717, 1.165) is 25.0 Å². The van der Waals surface area contributed by atoms with Gasteiger partial charge in [0.05, 0.1) is 16.7 Å². The highest BCUT2D eigenvalue weighted by Gasteiger charge is 2.41. The van der Waals surface area contributed by atoms with Crippen molar-refractivity contribution in [2.24, 2.45) is 0 Å². The van der Waals surface area contributed by atoms with Crippen molar-refractivity contribution in [2.45, 2.75) is 49.5 Å². The van der Waals surface area contributed by atoms with Crippen LogP contribution >= 0.6 is 11.3 Å². The summed E-state index contributed by atoms with van der Waals surface area (Å²) in [6.07, 6.45) is 4.49. The minimum absolute atomic E-state index is 0.187. The number of rotatable bonds is 4. The molecule has 2 aliphatic rings. The fraction of sp³-hybridized carbons (Fsp3) is 0.421. The molecule has 0 radical (unpaired) electrons. The van der Waals surface area contributed by atoms with E-state index in [4.69, 9.17) is 0 Å². The molecule has 0 saturated carbocycles. The lowest BCUT2D eigenvalue weighted by molar-refractivity contribution is -0.387. The lowest BCUT2D eigenvalue weighted by Crippen LogP contribution is -2.31. The van der Waals surface area contributed by atoms with Crippen LogP contribution in [0.2, 0.25) is 0 Å². The highest BCUT2D eigenvalue weighted by atomic mass is 32.2. The normalized spacial score (nSPS) is 19.5. The summed E-state index contributed by atoms with van der Waals surface area (Å²) >= 11 is 1.21. The van der Waals surface area contributed by atoms with Crippen LogP contribution in [0.5, 0.6) is 0 Å². The van der Waals surface area contributed by atoms with Crippen LogP contribution < -0.4 is 5.56 Å². The fourth-order valence-electron chi connectivity index (χ4n) is 4.35. The van der Waals surface area contributed by atoms with E-state index in [1.807, 2.05) is 0 Å². The van der Waals surface area contributed by atoms with Crippen molar-refractivity contribution in [3.05, 3.63) is 61.0 Å². The molecule has 3 aromatic rings. The zero-order chi connectivity index (χ0) is 21.8. The molecular weight excluding hydrogens is 442 g/mol. The molecule has 1 fully saturated rings. The standard InChI is InChI=1S/C19H19N5O5S2/c25-18-12-6-1-2-7-13(12)20-19-23(18)21-17(30-19)15-9-5-11-22(15)31(28,29)16-10-4-3-8-14(16)24(26)27/h3-4,8,10,15H,1-2,5-7,9,11H2. The number of fused-ring (bicyclic) bond motifs is 2. The Labute approximate surface area is 181 Å². The maximum absolute atomic E-state index is 13.3. The van der Waals surface area contributed by atoms with Crippen molar-refractivity contribution in [2.75, 3.05) is 6.54 Å². The molecule has 12 heteroatoms. The number of benzene rings is 1. The van der Waals surface area contributed by atoms with Gasteiger partial charge in [-0.3, -0.25) is 14.9 Å². The first-order chi connectivity index (χ1) is 14.9. The molecule has 1 aliphatic carbocycles. The second kappa shape index (κ2) is 7.46. The van der Waals surface area contributed by atoms with Gasteiger partial charge in [-0.1, -0.05) is 23.5 Å². The van der Waals surface area contributed by atoms with Gasteiger partial charge >= 0.3 is 0 Å². The molecule has 0 bridgehead atoms. The Kier molecular flexibility index (Phi) is 4.87. The van der Waals surface area contributed by atoms with E-state index in [9.17, 15) is 23.3 Å². The molecule has 1 unspecified atom stereocenters. The van der Waals surface area contributed by atoms with E-state index in [0.29, 0.717) is 34.8 Å². The first-order valence-corrected chi connectivity index (χ1v) is 12.3. The quantitative estimate of drug-likeness (QED) is 0.431. The Bertz CT molecular complexity index is 1360. The first kappa shape index (κ1) is 20.2. The second-order valence-corrected chi connectivity index (χ2v) is 10.5. The van der Waals surface area contributed by atoms with Crippen LogP contribution in [0.3, 0.4) is 0 Å². The van der Waals surface area contributed by atoms with Gasteiger partial charge < -0.3 is 0 Å². The van der Waals surface area contributed by atoms with Crippen LogP contribution in [0.15, 0.2) is 34.0 Å². The van der Waals surface area contributed by atoms with Gasteiger partial charge in [0.1, 0.15) is 5.01 Å². The maximum Gasteiger partial charge on any atom is 0.289 e. The van der Waals surface area contributed by atoms with Crippen molar-refractivity contribution >= 4 is 32.0 Å². The third-order valence-electron chi connectivity index (χ3n) is 5.83. The Morgan fingerprint density at radius 2 is 1.94 bits per heavy atom. The Balaban J connectivity index is 1.58. The van der Waals surface area contributed by atoms with Gasteiger partial charge in [-0.2, -0.15) is 13.9 Å². The van der Waals surface area contributed by atoms with Gasteiger partial charge in [0.2, 0.25) is 4.96 Å². The van der Waals surface area contributed by atoms with Gasteiger partial charge in [-0.05, 0) is 44.6 Å². The number of aryl methyl sites for hydroxylation is 1. The summed E-state index contributed by atoms with van der Waals surface area (Å²) in [6, 6.07) is 4.75. The smallest absolute Gasteiger partial charge is 0.267 e. The molecule has 0 N–H and O–H groups in total. The number of nitro benzene ring substituents is 1. The van der Waals surface area contributed by atoms with E-state index in [1.54, 1.807) is 0 Å². The molecule has 1 atom stereocenters. The van der Waals surface area contributed by atoms with Crippen LogP contribution in [0, 0.1) is 10.1 Å². The molecule has 1 aromatic carbocycles. The van der Waals surface area contributed by atoms with E-state index in [1.165, 1.54) is 44.4 Å². The minimum Gasteiger partial charge on any atom is -0.267 e. The van der Waals surface area contributed by atoms with Crippen LogP contribution in [0.1, 0.15) is 48.0 Å². The molecular formula is C19H19N5O5S2. The van der Waals surface area contributed by atoms with Gasteiger partial charge in [-0.25, -0.2) is 13.4 Å². The predicted molar refractivity (Wildman–Crippen MR) is 113 cm³/mol. The Hall–Kier alpha value is -2.70. The molecule has 2 aromatic heterocycles. The number of hydrogen-bond donors (Lipinski definition) is 0. The zero-order valence-electron chi connectivity index (χ0n) is 16.4. The Morgan fingerprint density at radius 1 is 1.16 bits per heavy atom. The van der Waals surface area contributed by atoms with Crippen molar-refractivity contribution in [1.82, 2.24) is 18.9 Å². The molecule has 3 heterocycles. The van der Waals surface area contributed by atoms with Crippen LogP contribution in [0.25, 0.3) is 4.96 Å². The average molecular weight is 462 g/mol. The number of nitro groups is 1. The monoisotopic (exact) mass is 461 g/mol. The summed E-state index contributed by atoms with van der Waals surface area (Å²) in [5.41, 5.74) is 0.856. The van der Waals surface area contributed by atoms with Crippen LogP contribution in [-0.4, -0.2) is 38.8 Å². The summed E-state index contributed by atoms with van der Waals surface area (Å²) in [4.78, 5) is 28.3. The van der Waals surface area contributed by atoms with Crippen molar-refractivity contribution in [3.8, 4) is 0 Å². The van der Waals surface area contributed by atoms with E-state index in [2.05, 4.69) is 10.1 Å². The van der Waals surface area contributed by atoms with Gasteiger partial charge in [0.25, 0.3) is 21.3 Å². The average Bonchev–Trinajstić information content (AvgIpc) is 3.41. The number of nitrogens with zero attached hydrogens (tertiary/aromatic N) is 5. The highest BCUT2D eigenvalue weighted by molar-refractivity contribution is 7.89. The molecule has 0 spiro atoms. The van der Waals surface area contributed by atoms with Gasteiger partial charge in [0.15, 0.2) is 4.90 Å². The summed E-state index contributed by atoms with van der Waals surface area (Å²) in [5, 5.41) is 16.3. The minimum atomic E-state index is -4.12. The van der Waals surface area contributed by atoms with Crippen molar-refractivity contribution < 1.29 is 13.3 Å². The molecule has 31 heavy (non-hydrogen) atoms. The lowest BCUT2D eigenvalue weighted by atomic mass is 9.97. The topological polar surface area (TPSA) is 128 Å². The van der Waals surface area contributed by atoms with E-state index in [-0.39, 0.29) is 17.0 Å². The number of hydrogen-bond acceptors (Lipinski definition) is 8. The largest absolute Gasteiger partial charge is 0.289 e. The van der Waals surface area contributed by atoms with Gasteiger partial charge in [-0.15, -0.1) is 0 Å². The first-order valence-electron chi connectivity index (χ1n) is 10.0. The van der Waals surface area contributed by atoms with Crippen LogP contribution in [0.4, 0.5) is 5.69 Å². The summed E-state index contributed by atoms with van der Waals surface area (Å²) in [5.74, 6) is 0. The SMILES string of the molecule is O=c1c2c(nc3sc(C4CCCN4S(=O)(=O)c4ccccc4[N+](=O)[O-])nn13)CCCC2. The molecule has 0 amide bonds. The number of para-hydroxylation sites is 1. The van der Waals surface area contributed by atoms with E-state index < -0.39 is 26.7 Å². The van der Waals surface area contributed by atoms with Crippen molar-refractivity contribution in [1.29, 1.82) is 0 Å². The summed E-state index contributed by atoms with van der Waals surface area (Å²) < 4.78 is 29.2.